The van der Waals surface area contributed by atoms with Gasteiger partial charge >= 0.3 is 0 Å². The van der Waals surface area contributed by atoms with Crippen molar-refractivity contribution in [2.45, 2.75) is 45.7 Å². The van der Waals surface area contributed by atoms with Gasteiger partial charge < -0.3 is 19.6 Å². The van der Waals surface area contributed by atoms with Crippen LogP contribution in [0.3, 0.4) is 0 Å². The molecule has 0 bridgehead atoms. The Morgan fingerprint density at radius 3 is 2.93 bits per heavy atom. The lowest BCUT2D eigenvalue weighted by atomic mass is 9.91. The van der Waals surface area contributed by atoms with Gasteiger partial charge in [0.15, 0.2) is 0 Å². The molecule has 0 spiro atoms. The van der Waals surface area contributed by atoms with Gasteiger partial charge in [-0.05, 0) is 56.4 Å². The summed E-state index contributed by atoms with van der Waals surface area (Å²) in [7, 11) is 1.59. The highest BCUT2D eigenvalue weighted by molar-refractivity contribution is 6.35. The summed E-state index contributed by atoms with van der Waals surface area (Å²) in [6.45, 7) is 4.49. The molecule has 1 aliphatic carbocycles. The zero-order valence-corrected chi connectivity index (χ0v) is 18.2. The number of methoxy groups -OCH3 is 1. The fourth-order valence-corrected chi connectivity index (χ4v) is 4.71. The summed E-state index contributed by atoms with van der Waals surface area (Å²) >= 11 is 6.37. The number of aromatic amines is 1. The zero-order chi connectivity index (χ0) is 21.4. The Bertz CT molecular complexity index is 1180. The van der Waals surface area contributed by atoms with E-state index < -0.39 is 0 Å². The minimum absolute atomic E-state index is 0.183. The molecule has 30 heavy (non-hydrogen) atoms. The number of para-hydroxylation sites is 1. The second-order valence-corrected chi connectivity index (χ2v) is 8.30. The maximum atomic E-state index is 13.2. The lowest BCUT2D eigenvalue weighted by molar-refractivity contribution is 0.0928. The first-order valence-electron chi connectivity index (χ1n) is 10.2. The molecule has 2 N–H and O–H groups in total. The molecule has 0 aliphatic heterocycles. The van der Waals surface area contributed by atoms with Crippen molar-refractivity contribution in [2.75, 3.05) is 13.7 Å². The van der Waals surface area contributed by atoms with Gasteiger partial charge in [-0.3, -0.25) is 9.59 Å². The molecule has 0 saturated heterocycles. The standard InChI is InChI=1S/C23H26ClN3O3/c1-13-12-14(2)27(10-11-30-3)23(29)19(13)22(28)25-18-9-5-7-16-15-6-4-8-17(24)20(15)26-21(16)18/h4,6,8,12,18,26H,5,7,9-11H2,1-3H3,(H,25,28)/t18-/m0/s1. The second-order valence-electron chi connectivity index (χ2n) is 7.89. The number of amides is 1. The molecule has 4 rings (SSSR count). The van der Waals surface area contributed by atoms with E-state index in [2.05, 4.69) is 16.4 Å². The predicted octanol–water partition coefficient (Wildman–Crippen LogP) is 4.05. The van der Waals surface area contributed by atoms with Crippen molar-refractivity contribution in [3.8, 4) is 0 Å². The van der Waals surface area contributed by atoms with Crippen molar-refractivity contribution < 1.29 is 9.53 Å². The Morgan fingerprint density at radius 2 is 2.17 bits per heavy atom. The van der Waals surface area contributed by atoms with Gasteiger partial charge in [-0.2, -0.15) is 0 Å². The number of benzene rings is 1. The molecule has 2 heterocycles. The van der Waals surface area contributed by atoms with Crippen molar-refractivity contribution >= 4 is 28.4 Å². The molecule has 3 aromatic rings. The van der Waals surface area contributed by atoms with E-state index in [-0.39, 0.29) is 23.1 Å². The van der Waals surface area contributed by atoms with Crippen molar-refractivity contribution in [1.82, 2.24) is 14.9 Å². The predicted molar refractivity (Wildman–Crippen MR) is 119 cm³/mol. The van der Waals surface area contributed by atoms with Gasteiger partial charge in [-0.1, -0.05) is 23.7 Å². The number of nitrogens with zero attached hydrogens (tertiary/aromatic N) is 1. The smallest absolute Gasteiger partial charge is 0.263 e. The molecule has 1 amide bonds. The highest BCUT2D eigenvalue weighted by Crippen LogP contribution is 2.37. The van der Waals surface area contributed by atoms with Crippen LogP contribution in [0.4, 0.5) is 0 Å². The van der Waals surface area contributed by atoms with Crippen LogP contribution in [0.25, 0.3) is 10.9 Å². The topological polar surface area (TPSA) is 76.1 Å². The number of pyridine rings is 1. The van der Waals surface area contributed by atoms with Crippen molar-refractivity contribution in [2.24, 2.45) is 0 Å². The third-order valence-electron chi connectivity index (χ3n) is 5.95. The number of nitrogens with one attached hydrogen (secondary N) is 2. The number of carbonyl (C=O) groups is 1. The molecule has 1 aliphatic rings. The molecule has 6 nitrogen and oxygen atoms in total. The monoisotopic (exact) mass is 427 g/mol. The number of rotatable bonds is 5. The Hall–Kier alpha value is -2.57. The van der Waals surface area contributed by atoms with Crippen molar-refractivity contribution in [3.63, 3.8) is 0 Å². The van der Waals surface area contributed by atoms with E-state index in [0.717, 1.165) is 41.6 Å². The molecule has 0 saturated carbocycles. The number of hydrogen-bond acceptors (Lipinski definition) is 3. The third-order valence-corrected chi connectivity index (χ3v) is 6.26. The molecule has 0 unspecified atom stereocenters. The Labute approximate surface area is 180 Å². The van der Waals surface area contributed by atoms with Crippen LogP contribution in [-0.2, 0) is 17.7 Å². The summed E-state index contributed by atoms with van der Waals surface area (Å²) < 4.78 is 6.71. The van der Waals surface area contributed by atoms with Crippen LogP contribution in [0.1, 0.15) is 51.8 Å². The lowest BCUT2D eigenvalue weighted by Crippen LogP contribution is -2.38. The maximum absolute atomic E-state index is 13.2. The number of carbonyl (C=O) groups excluding carboxylic acids is 1. The molecule has 0 fully saturated rings. The maximum Gasteiger partial charge on any atom is 0.263 e. The number of hydrogen-bond donors (Lipinski definition) is 2. The Kier molecular flexibility index (Phi) is 5.71. The van der Waals surface area contributed by atoms with Crippen LogP contribution >= 0.6 is 11.6 Å². The van der Waals surface area contributed by atoms with E-state index in [4.69, 9.17) is 16.3 Å². The highest BCUT2D eigenvalue weighted by atomic mass is 35.5. The molecule has 158 valence electrons. The van der Waals surface area contributed by atoms with Crippen LogP contribution in [0, 0.1) is 13.8 Å². The van der Waals surface area contributed by atoms with Crippen molar-refractivity contribution in [3.05, 3.63) is 67.7 Å². The van der Waals surface area contributed by atoms with Crippen LogP contribution < -0.4 is 10.9 Å². The highest BCUT2D eigenvalue weighted by Gasteiger charge is 2.28. The molecule has 1 atom stereocenters. The van der Waals surface area contributed by atoms with E-state index in [1.54, 1.807) is 18.6 Å². The first-order valence-corrected chi connectivity index (χ1v) is 10.6. The Morgan fingerprint density at radius 1 is 1.37 bits per heavy atom. The molecule has 0 radical (unpaired) electrons. The van der Waals surface area contributed by atoms with Gasteiger partial charge in [0.05, 0.1) is 23.2 Å². The fourth-order valence-electron chi connectivity index (χ4n) is 4.49. The molecular formula is C23H26ClN3O3. The number of H-pyrrole nitrogens is 1. The quantitative estimate of drug-likeness (QED) is 0.644. The number of aromatic nitrogens is 2. The molecule has 7 heteroatoms. The van der Waals surface area contributed by atoms with Gasteiger partial charge in [0.1, 0.15) is 5.56 Å². The lowest BCUT2D eigenvalue weighted by Gasteiger charge is -2.24. The zero-order valence-electron chi connectivity index (χ0n) is 17.5. The van der Waals surface area contributed by atoms with Crippen molar-refractivity contribution in [1.29, 1.82) is 0 Å². The number of ether oxygens (including phenoxy) is 1. The largest absolute Gasteiger partial charge is 0.383 e. The molecule has 2 aromatic heterocycles. The van der Waals surface area contributed by atoms with E-state index in [0.29, 0.717) is 23.7 Å². The van der Waals surface area contributed by atoms with Crippen LogP contribution in [0.2, 0.25) is 5.02 Å². The van der Waals surface area contributed by atoms with E-state index in [9.17, 15) is 9.59 Å². The number of aryl methyl sites for hydroxylation is 3. The average molecular weight is 428 g/mol. The molecular weight excluding hydrogens is 402 g/mol. The first kappa shape index (κ1) is 20.7. The van der Waals surface area contributed by atoms with Gasteiger partial charge in [0.25, 0.3) is 11.5 Å². The normalized spacial score (nSPS) is 15.9. The second kappa shape index (κ2) is 8.28. The van der Waals surface area contributed by atoms with Crippen LogP contribution in [0.5, 0.6) is 0 Å². The minimum atomic E-state index is -0.341. The minimum Gasteiger partial charge on any atom is -0.383 e. The van der Waals surface area contributed by atoms with Gasteiger partial charge in [-0.15, -0.1) is 0 Å². The Balaban J connectivity index is 1.69. The molecule has 1 aromatic carbocycles. The van der Waals surface area contributed by atoms with Crippen LogP contribution in [-0.4, -0.2) is 29.2 Å². The SMILES string of the molecule is COCCn1c(C)cc(C)c(C(=O)N[C@H]2CCCc3c2[nH]c2c(Cl)cccc32)c1=O. The summed E-state index contributed by atoms with van der Waals surface area (Å²) in [5.41, 5.74) is 4.49. The van der Waals surface area contributed by atoms with E-state index in [1.165, 1.54) is 5.56 Å². The third kappa shape index (κ3) is 3.55. The fraction of sp³-hybridized carbons (Fsp3) is 0.391. The number of fused-ring (bicyclic) bond motifs is 3. The number of halogens is 1. The average Bonchev–Trinajstić information content (AvgIpc) is 3.09. The first-order chi connectivity index (χ1) is 14.4. The summed E-state index contributed by atoms with van der Waals surface area (Å²) in [5, 5.41) is 4.87. The van der Waals surface area contributed by atoms with Gasteiger partial charge in [-0.25, -0.2) is 0 Å². The summed E-state index contributed by atoms with van der Waals surface area (Å²) in [4.78, 5) is 29.7. The summed E-state index contributed by atoms with van der Waals surface area (Å²) in [5.74, 6) is -0.341. The summed E-state index contributed by atoms with van der Waals surface area (Å²) in [6.07, 6.45) is 2.71. The van der Waals surface area contributed by atoms with Gasteiger partial charge in [0, 0.05) is 30.4 Å². The summed E-state index contributed by atoms with van der Waals surface area (Å²) in [6, 6.07) is 7.55. The van der Waals surface area contributed by atoms with Gasteiger partial charge in [0.2, 0.25) is 0 Å². The van der Waals surface area contributed by atoms with E-state index >= 15 is 0 Å². The van der Waals surface area contributed by atoms with Crippen LogP contribution in [0.15, 0.2) is 29.1 Å². The van der Waals surface area contributed by atoms with E-state index in [1.807, 2.05) is 25.1 Å².